The van der Waals surface area contributed by atoms with E-state index in [1.165, 1.54) is 13.4 Å². The number of aryl methyl sites for hydroxylation is 1. The predicted molar refractivity (Wildman–Crippen MR) is 155 cm³/mol. The third-order valence-corrected chi connectivity index (χ3v) is 7.21. The Morgan fingerprint density at radius 2 is 1.98 bits per heavy atom. The number of rotatable bonds is 8. The van der Waals surface area contributed by atoms with E-state index in [9.17, 15) is 9.59 Å². The Morgan fingerprint density at radius 3 is 2.73 bits per heavy atom. The molecule has 2 aliphatic rings. The molecule has 5 rings (SSSR count). The summed E-state index contributed by atoms with van der Waals surface area (Å²) < 4.78 is 16.7. The summed E-state index contributed by atoms with van der Waals surface area (Å²) >= 11 is 0. The van der Waals surface area contributed by atoms with Crippen LogP contribution in [0.5, 0.6) is 5.75 Å². The summed E-state index contributed by atoms with van der Waals surface area (Å²) in [5.74, 6) is 7.44. The second-order valence-corrected chi connectivity index (χ2v) is 10.2. The SMILES string of the molecule is COCC(=O)NCC#Cc1ccc2ncnc(Nc3ccc(OC4CCN(C(=O)C5CCCO5)CC4)c(C)c3)c2c1. The molecule has 41 heavy (non-hydrogen) atoms. The number of hydrogen-bond donors (Lipinski definition) is 2. The molecule has 2 saturated heterocycles. The number of anilines is 2. The maximum absolute atomic E-state index is 12.6. The summed E-state index contributed by atoms with van der Waals surface area (Å²) in [5, 5.41) is 6.93. The molecule has 2 aliphatic heterocycles. The van der Waals surface area contributed by atoms with Gasteiger partial charge in [-0.2, -0.15) is 0 Å². The standard InChI is InChI=1S/C31H35N5O5/c1-21-17-23(8-10-27(21)41-24-11-14-36(15-12-24)31(38)28-6-4-16-40-28)35-30-25-18-22(7-9-26(25)33-20-34-30)5-3-13-32-29(37)19-39-2/h7-10,17-18,20,24,28H,4,6,11-16,19H2,1-2H3,(H,32,37)(H,33,34,35). The van der Waals surface area contributed by atoms with Crippen LogP contribution in [0.2, 0.25) is 0 Å². The zero-order valence-corrected chi connectivity index (χ0v) is 23.4. The van der Waals surface area contributed by atoms with Gasteiger partial charge in [-0.15, -0.1) is 0 Å². The molecular formula is C31H35N5O5. The predicted octanol–water partition coefficient (Wildman–Crippen LogP) is 3.34. The van der Waals surface area contributed by atoms with Crippen molar-refractivity contribution < 1.29 is 23.8 Å². The number of piperidine rings is 1. The van der Waals surface area contributed by atoms with Crippen LogP contribution in [0.1, 0.15) is 36.8 Å². The van der Waals surface area contributed by atoms with Gasteiger partial charge in [0.1, 0.15) is 36.7 Å². The molecule has 2 aromatic carbocycles. The Bertz CT molecular complexity index is 1450. The van der Waals surface area contributed by atoms with Crippen LogP contribution in [0, 0.1) is 18.8 Å². The molecule has 0 radical (unpaired) electrons. The van der Waals surface area contributed by atoms with Gasteiger partial charge in [0.25, 0.3) is 5.91 Å². The van der Waals surface area contributed by atoms with Crippen molar-refractivity contribution in [2.45, 2.75) is 44.8 Å². The van der Waals surface area contributed by atoms with Gasteiger partial charge >= 0.3 is 0 Å². The summed E-state index contributed by atoms with van der Waals surface area (Å²) in [5.41, 5.74) is 3.47. The number of benzene rings is 2. The minimum atomic E-state index is -0.262. The highest BCUT2D eigenvalue weighted by molar-refractivity contribution is 5.91. The Morgan fingerprint density at radius 1 is 1.12 bits per heavy atom. The summed E-state index contributed by atoms with van der Waals surface area (Å²) in [7, 11) is 1.47. The fourth-order valence-corrected chi connectivity index (χ4v) is 5.05. The number of likely N-dealkylation sites (tertiary alicyclic amines) is 1. The maximum atomic E-state index is 12.6. The van der Waals surface area contributed by atoms with Crippen molar-refractivity contribution in [1.82, 2.24) is 20.2 Å². The fraction of sp³-hybridized carbons (Fsp3) is 0.419. The van der Waals surface area contributed by atoms with E-state index in [-0.39, 0.29) is 37.2 Å². The minimum Gasteiger partial charge on any atom is -0.490 e. The number of carbonyl (C=O) groups excluding carboxylic acids is 2. The van der Waals surface area contributed by atoms with E-state index in [2.05, 4.69) is 32.4 Å². The molecule has 0 saturated carbocycles. The number of fused-ring (bicyclic) bond motifs is 1. The van der Waals surface area contributed by atoms with Crippen LogP contribution in [0.4, 0.5) is 11.5 Å². The third kappa shape index (κ3) is 7.31. The number of carbonyl (C=O) groups is 2. The molecule has 2 amide bonds. The highest BCUT2D eigenvalue weighted by Gasteiger charge is 2.31. The van der Waals surface area contributed by atoms with Gasteiger partial charge in [0.2, 0.25) is 5.91 Å². The first kappa shape index (κ1) is 28.3. The molecule has 1 atom stereocenters. The van der Waals surface area contributed by atoms with E-state index in [4.69, 9.17) is 14.2 Å². The van der Waals surface area contributed by atoms with Crippen molar-refractivity contribution in [3.05, 3.63) is 53.9 Å². The van der Waals surface area contributed by atoms with Gasteiger partial charge in [0, 0.05) is 56.3 Å². The smallest absolute Gasteiger partial charge is 0.251 e. The molecule has 2 N–H and O–H groups in total. The Hall–Kier alpha value is -4.20. The van der Waals surface area contributed by atoms with Gasteiger partial charge in [-0.05, 0) is 61.7 Å². The summed E-state index contributed by atoms with van der Waals surface area (Å²) in [6, 6.07) is 11.7. The van der Waals surface area contributed by atoms with Gasteiger partial charge in [0.15, 0.2) is 0 Å². The maximum Gasteiger partial charge on any atom is 0.251 e. The molecule has 0 bridgehead atoms. The molecule has 3 aromatic rings. The molecule has 1 aromatic heterocycles. The average molecular weight is 558 g/mol. The van der Waals surface area contributed by atoms with Crippen molar-refractivity contribution in [2.24, 2.45) is 0 Å². The van der Waals surface area contributed by atoms with Crippen molar-refractivity contribution in [3.63, 3.8) is 0 Å². The van der Waals surface area contributed by atoms with Crippen molar-refractivity contribution in [2.75, 3.05) is 45.3 Å². The third-order valence-electron chi connectivity index (χ3n) is 7.21. The molecule has 1 unspecified atom stereocenters. The normalized spacial score (nSPS) is 17.1. The summed E-state index contributed by atoms with van der Waals surface area (Å²) in [4.78, 5) is 34.9. The lowest BCUT2D eigenvalue weighted by Crippen LogP contribution is -2.45. The lowest BCUT2D eigenvalue weighted by molar-refractivity contribution is -0.142. The van der Waals surface area contributed by atoms with E-state index in [1.54, 1.807) is 0 Å². The van der Waals surface area contributed by atoms with Crippen molar-refractivity contribution in [1.29, 1.82) is 0 Å². The number of hydrogen-bond acceptors (Lipinski definition) is 8. The molecule has 10 nitrogen and oxygen atoms in total. The lowest BCUT2D eigenvalue weighted by Gasteiger charge is -2.33. The zero-order chi connectivity index (χ0) is 28.6. The lowest BCUT2D eigenvalue weighted by atomic mass is 10.1. The Balaban J connectivity index is 1.20. The number of ether oxygens (including phenoxy) is 3. The number of amides is 2. The van der Waals surface area contributed by atoms with E-state index in [0.717, 1.165) is 59.2 Å². The molecule has 0 spiro atoms. The van der Waals surface area contributed by atoms with Crippen LogP contribution >= 0.6 is 0 Å². The van der Waals surface area contributed by atoms with Crippen LogP contribution in [0.25, 0.3) is 10.9 Å². The van der Waals surface area contributed by atoms with Crippen LogP contribution in [0.15, 0.2) is 42.7 Å². The van der Waals surface area contributed by atoms with E-state index >= 15 is 0 Å². The average Bonchev–Trinajstić information content (AvgIpc) is 3.52. The minimum absolute atomic E-state index is 0.00855. The Labute approximate surface area is 239 Å². The van der Waals surface area contributed by atoms with E-state index in [1.807, 2.05) is 48.2 Å². The first-order valence-corrected chi connectivity index (χ1v) is 13.9. The van der Waals surface area contributed by atoms with E-state index in [0.29, 0.717) is 25.5 Å². The Kier molecular flexibility index (Phi) is 9.29. The molecule has 2 fully saturated rings. The number of methoxy groups -OCH3 is 1. The van der Waals surface area contributed by atoms with Crippen molar-refractivity contribution in [3.8, 4) is 17.6 Å². The van der Waals surface area contributed by atoms with Crippen LogP contribution < -0.4 is 15.4 Å². The quantitative estimate of drug-likeness (QED) is 0.406. The van der Waals surface area contributed by atoms with Gasteiger partial charge in [-0.1, -0.05) is 11.8 Å². The molecular weight excluding hydrogens is 522 g/mol. The summed E-state index contributed by atoms with van der Waals surface area (Å²) in [6.45, 7) is 4.33. The van der Waals surface area contributed by atoms with Crippen LogP contribution in [-0.4, -0.2) is 78.8 Å². The van der Waals surface area contributed by atoms with Crippen LogP contribution in [-0.2, 0) is 19.1 Å². The van der Waals surface area contributed by atoms with Gasteiger partial charge in [-0.25, -0.2) is 9.97 Å². The van der Waals surface area contributed by atoms with Gasteiger partial charge in [-0.3, -0.25) is 9.59 Å². The second kappa shape index (κ2) is 13.4. The molecule has 10 heteroatoms. The molecule has 214 valence electrons. The largest absolute Gasteiger partial charge is 0.490 e. The number of aromatic nitrogens is 2. The first-order valence-electron chi connectivity index (χ1n) is 13.9. The molecule has 3 heterocycles. The number of nitrogens with one attached hydrogen (secondary N) is 2. The fourth-order valence-electron chi connectivity index (χ4n) is 5.05. The monoisotopic (exact) mass is 557 g/mol. The van der Waals surface area contributed by atoms with Gasteiger partial charge in [0.05, 0.1) is 12.1 Å². The zero-order valence-electron chi connectivity index (χ0n) is 23.4. The van der Waals surface area contributed by atoms with E-state index < -0.39 is 0 Å². The topological polar surface area (TPSA) is 115 Å². The number of nitrogens with zero attached hydrogens (tertiary/aromatic N) is 3. The first-order chi connectivity index (χ1) is 20.0. The highest BCUT2D eigenvalue weighted by Crippen LogP contribution is 2.29. The molecule has 0 aliphatic carbocycles. The second-order valence-electron chi connectivity index (χ2n) is 10.2. The highest BCUT2D eigenvalue weighted by atomic mass is 16.5. The van der Waals surface area contributed by atoms with Gasteiger partial charge < -0.3 is 29.7 Å². The van der Waals surface area contributed by atoms with Crippen molar-refractivity contribution >= 4 is 34.2 Å². The summed E-state index contributed by atoms with van der Waals surface area (Å²) in [6.07, 6.45) is 4.72. The van der Waals surface area contributed by atoms with Crippen LogP contribution in [0.3, 0.4) is 0 Å².